The molecular weight excluding hydrogens is 360 g/mol. The topological polar surface area (TPSA) is 57.5 Å². The number of Topliss-reactive ketones (excluding diaryl/α,β-unsaturated/α-hetero) is 1. The van der Waals surface area contributed by atoms with E-state index in [0.717, 1.165) is 49.5 Å². The fourth-order valence-electron chi connectivity index (χ4n) is 8.54. The fraction of sp³-hybridized carbons (Fsp3) is 0.808. The summed E-state index contributed by atoms with van der Waals surface area (Å²) >= 11 is 0. The summed E-state index contributed by atoms with van der Waals surface area (Å²) in [6.45, 7) is 6.89. The van der Waals surface area contributed by atoms with Gasteiger partial charge in [-0.1, -0.05) is 38.0 Å². The van der Waals surface area contributed by atoms with Crippen LogP contribution in [0, 0.1) is 46.8 Å². The number of carbonyl (C=O) groups excluding carboxylic acids is 1. The van der Waals surface area contributed by atoms with Crippen molar-refractivity contribution in [1.29, 1.82) is 0 Å². The van der Waals surface area contributed by atoms with Crippen molar-refractivity contribution in [2.75, 3.05) is 6.61 Å². The standard InChI is InChI=1S/C26H38O3/c1-14(13-27)10-22-21-12-23-20-6-4-16-11-17(28)5-7-18(16)19(20)8-9-26(23,3)24(21)15(2)25(22)29/h4,14-15,17-20,23-24,27-28H,5-13H2,1-3H3. The van der Waals surface area contributed by atoms with Crippen molar-refractivity contribution in [2.24, 2.45) is 46.8 Å². The van der Waals surface area contributed by atoms with E-state index in [-0.39, 0.29) is 30.0 Å². The van der Waals surface area contributed by atoms with Gasteiger partial charge in [-0.3, -0.25) is 4.79 Å². The Hall–Kier alpha value is -0.930. The van der Waals surface area contributed by atoms with Gasteiger partial charge in [0.1, 0.15) is 0 Å². The maximum absolute atomic E-state index is 13.1. The average molecular weight is 399 g/mol. The molecule has 0 bridgehead atoms. The molecule has 5 aliphatic carbocycles. The number of fused-ring (bicyclic) bond motifs is 7. The molecule has 3 nitrogen and oxygen atoms in total. The minimum Gasteiger partial charge on any atom is -0.396 e. The SMILES string of the molecule is CC(CO)CC1=C2CC3C4CC=C5CC(O)CCC5C4CCC3(C)C2C(C)C1=O. The highest BCUT2D eigenvalue weighted by atomic mass is 16.3. The highest BCUT2D eigenvalue weighted by Crippen LogP contribution is 2.68. The molecule has 0 aromatic carbocycles. The molecule has 0 radical (unpaired) electrons. The Balaban J connectivity index is 1.48. The molecule has 0 saturated heterocycles. The number of hydrogen-bond donors (Lipinski definition) is 2. The van der Waals surface area contributed by atoms with Gasteiger partial charge in [-0.25, -0.2) is 0 Å². The Morgan fingerprint density at radius 1 is 1.21 bits per heavy atom. The molecule has 3 heteroatoms. The lowest BCUT2D eigenvalue weighted by Gasteiger charge is -2.54. The van der Waals surface area contributed by atoms with E-state index in [1.54, 1.807) is 5.57 Å². The number of allylic oxidation sites excluding steroid dienone is 3. The molecule has 9 unspecified atom stereocenters. The van der Waals surface area contributed by atoms with Gasteiger partial charge in [0.2, 0.25) is 0 Å². The summed E-state index contributed by atoms with van der Waals surface area (Å²) in [5.41, 5.74) is 4.37. The Morgan fingerprint density at radius 2 is 2.00 bits per heavy atom. The molecule has 0 aliphatic heterocycles. The van der Waals surface area contributed by atoms with Gasteiger partial charge in [-0.15, -0.1) is 0 Å². The first-order chi connectivity index (χ1) is 13.8. The second kappa shape index (κ2) is 7.05. The van der Waals surface area contributed by atoms with Crippen LogP contribution in [0.4, 0.5) is 0 Å². The van der Waals surface area contributed by atoms with Crippen molar-refractivity contribution in [3.63, 3.8) is 0 Å². The maximum Gasteiger partial charge on any atom is 0.162 e. The molecule has 3 fully saturated rings. The molecule has 5 rings (SSSR count). The normalized spacial score (nSPS) is 47.3. The van der Waals surface area contributed by atoms with Crippen LogP contribution >= 0.6 is 0 Å². The molecule has 0 aromatic heterocycles. The number of aliphatic hydroxyl groups excluding tert-OH is 2. The van der Waals surface area contributed by atoms with Crippen molar-refractivity contribution < 1.29 is 15.0 Å². The Bertz CT molecular complexity index is 764. The van der Waals surface area contributed by atoms with E-state index in [1.165, 1.54) is 24.8 Å². The first-order valence-electron chi connectivity index (χ1n) is 12.1. The molecule has 0 amide bonds. The summed E-state index contributed by atoms with van der Waals surface area (Å²) in [4.78, 5) is 13.1. The van der Waals surface area contributed by atoms with E-state index in [0.29, 0.717) is 23.5 Å². The molecule has 0 spiro atoms. The predicted molar refractivity (Wildman–Crippen MR) is 114 cm³/mol. The van der Waals surface area contributed by atoms with Crippen LogP contribution in [0.2, 0.25) is 0 Å². The van der Waals surface area contributed by atoms with Crippen LogP contribution < -0.4 is 0 Å². The minimum atomic E-state index is -0.123. The van der Waals surface area contributed by atoms with Gasteiger partial charge in [0.25, 0.3) is 0 Å². The first-order valence-corrected chi connectivity index (χ1v) is 12.1. The third kappa shape index (κ3) is 2.86. The van der Waals surface area contributed by atoms with Crippen molar-refractivity contribution in [1.82, 2.24) is 0 Å². The highest BCUT2D eigenvalue weighted by Gasteiger charge is 2.61. The lowest BCUT2D eigenvalue weighted by Crippen LogP contribution is -2.47. The lowest BCUT2D eigenvalue weighted by molar-refractivity contribution is -0.121. The van der Waals surface area contributed by atoms with Crippen LogP contribution in [-0.2, 0) is 4.79 Å². The zero-order chi connectivity index (χ0) is 20.5. The van der Waals surface area contributed by atoms with Crippen LogP contribution in [0.3, 0.4) is 0 Å². The zero-order valence-electron chi connectivity index (χ0n) is 18.4. The molecule has 0 heterocycles. The molecule has 0 aromatic rings. The minimum absolute atomic E-state index is 0.122. The molecular formula is C26H38O3. The average Bonchev–Trinajstić information content (AvgIpc) is 3.14. The Morgan fingerprint density at radius 3 is 2.76 bits per heavy atom. The van der Waals surface area contributed by atoms with Crippen LogP contribution in [-0.4, -0.2) is 28.7 Å². The number of ketones is 1. The van der Waals surface area contributed by atoms with Crippen LogP contribution in [0.1, 0.15) is 72.1 Å². The second-order valence-corrected chi connectivity index (χ2v) is 11.4. The van der Waals surface area contributed by atoms with Crippen LogP contribution in [0.25, 0.3) is 0 Å². The number of hydrogen-bond acceptors (Lipinski definition) is 3. The summed E-state index contributed by atoms with van der Waals surface area (Å²) in [6.07, 6.45) is 11.0. The second-order valence-electron chi connectivity index (χ2n) is 11.4. The summed E-state index contributed by atoms with van der Waals surface area (Å²) in [5.74, 6) is 4.02. The van der Waals surface area contributed by atoms with Crippen LogP contribution in [0.5, 0.6) is 0 Å². The van der Waals surface area contributed by atoms with Crippen molar-refractivity contribution in [3.05, 3.63) is 22.8 Å². The van der Waals surface area contributed by atoms with Crippen LogP contribution in [0.15, 0.2) is 22.8 Å². The lowest BCUT2D eigenvalue weighted by atomic mass is 9.51. The number of aliphatic hydroxyl groups is 2. The third-order valence-electron chi connectivity index (χ3n) is 9.85. The fourth-order valence-corrected chi connectivity index (χ4v) is 8.54. The number of carbonyl (C=O) groups is 1. The van der Waals surface area contributed by atoms with Gasteiger partial charge in [0, 0.05) is 12.5 Å². The Kier molecular flexibility index (Phi) is 4.86. The molecule has 5 aliphatic rings. The van der Waals surface area contributed by atoms with E-state index in [1.807, 2.05) is 0 Å². The summed E-state index contributed by atoms with van der Waals surface area (Å²) < 4.78 is 0. The van der Waals surface area contributed by atoms with E-state index < -0.39 is 0 Å². The predicted octanol–water partition coefficient (Wildman–Crippen LogP) is 4.68. The smallest absolute Gasteiger partial charge is 0.162 e. The van der Waals surface area contributed by atoms with Gasteiger partial charge < -0.3 is 10.2 Å². The van der Waals surface area contributed by atoms with E-state index in [9.17, 15) is 15.0 Å². The highest BCUT2D eigenvalue weighted by molar-refractivity contribution is 6.01. The maximum atomic E-state index is 13.1. The summed E-state index contributed by atoms with van der Waals surface area (Å²) in [7, 11) is 0. The van der Waals surface area contributed by atoms with Gasteiger partial charge in [0.05, 0.1) is 6.10 Å². The van der Waals surface area contributed by atoms with E-state index in [4.69, 9.17) is 0 Å². The largest absolute Gasteiger partial charge is 0.396 e. The molecule has 2 N–H and O–H groups in total. The van der Waals surface area contributed by atoms with Gasteiger partial charge in [0.15, 0.2) is 5.78 Å². The van der Waals surface area contributed by atoms with Gasteiger partial charge >= 0.3 is 0 Å². The number of rotatable bonds is 3. The zero-order valence-corrected chi connectivity index (χ0v) is 18.4. The third-order valence-corrected chi connectivity index (χ3v) is 9.85. The van der Waals surface area contributed by atoms with Crippen molar-refractivity contribution >= 4 is 5.78 Å². The van der Waals surface area contributed by atoms with E-state index in [2.05, 4.69) is 26.8 Å². The quantitative estimate of drug-likeness (QED) is 0.679. The van der Waals surface area contributed by atoms with Crippen molar-refractivity contribution in [3.8, 4) is 0 Å². The van der Waals surface area contributed by atoms with Crippen molar-refractivity contribution in [2.45, 2.75) is 78.2 Å². The molecule has 3 saturated carbocycles. The molecule has 9 atom stereocenters. The van der Waals surface area contributed by atoms with E-state index >= 15 is 0 Å². The molecule has 29 heavy (non-hydrogen) atoms. The summed E-state index contributed by atoms with van der Waals surface area (Å²) in [6, 6.07) is 0. The monoisotopic (exact) mass is 398 g/mol. The summed E-state index contributed by atoms with van der Waals surface area (Å²) in [5, 5.41) is 19.7. The Labute approximate surface area is 175 Å². The first kappa shape index (κ1) is 20.0. The van der Waals surface area contributed by atoms with Gasteiger partial charge in [-0.05, 0) is 97.9 Å². The molecule has 160 valence electrons. The van der Waals surface area contributed by atoms with Gasteiger partial charge in [-0.2, -0.15) is 0 Å².